The third-order valence-corrected chi connectivity index (χ3v) is 4.49. The van der Waals surface area contributed by atoms with Crippen molar-refractivity contribution in [1.82, 2.24) is 4.57 Å². The Labute approximate surface area is 158 Å². The van der Waals surface area contributed by atoms with Crippen LogP contribution in [0.3, 0.4) is 0 Å². The molecule has 0 saturated carbocycles. The van der Waals surface area contributed by atoms with Gasteiger partial charge in [0.15, 0.2) is 5.43 Å². The van der Waals surface area contributed by atoms with Gasteiger partial charge in [-0.25, -0.2) is 0 Å². The monoisotopic (exact) mass is 353 g/mol. The zero-order chi connectivity index (χ0) is 18.6. The van der Waals surface area contributed by atoms with Crippen molar-refractivity contribution in [3.63, 3.8) is 0 Å². The van der Waals surface area contributed by atoms with E-state index in [2.05, 4.69) is 4.57 Å². The van der Waals surface area contributed by atoms with Gasteiger partial charge in [-0.1, -0.05) is 60.7 Å². The van der Waals surface area contributed by atoms with E-state index >= 15 is 0 Å². The maximum absolute atomic E-state index is 12.6. The van der Waals surface area contributed by atoms with Crippen molar-refractivity contribution >= 4 is 0 Å². The quantitative estimate of drug-likeness (QED) is 0.506. The standard InChI is InChI=1S/C24H19NO2/c1-27-22-14-8-11-19(15-22)24-17-21(26)16-23(18-9-4-2-5-10-18)25(24)20-12-6-3-7-13-20/h2-17H,1H3. The number of benzene rings is 3. The lowest BCUT2D eigenvalue weighted by molar-refractivity contribution is 0.415. The fraction of sp³-hybridized carbons (Fsp3) is 0.0417. The van der Waals surface area contributed by atoms with Crippen LogP contribution in [0.1, 0.15) is 0 Å². The summed E-state index contributed by atoms with van der Waals surface area (Å²) in [6.45, 7) is 0. The van der Waals surface area contributed by atoms with Crippen LogP contribution < -0.4 is 10.2 Å². The molecule has 27 heavy (non-hydrogen) atoms. The number of para-hydroxylation sites is 1. The average molecular weight is 353 g/mol. The molecule has 0 saturated heterocycles. The van der Waals surface area contributed by atoms with E-state index in [1.807, 2.05) is 84.9 Å². The van der Waals surface area contributed by atoms with E-state index in [9.17, 15) is 4.79 Å². The number of rotatable bonds is 4. The van der Waals surface area contributed by atoms with E-state index in [1.165, 1.54) is 0 Å². The minimum Gasteiger partial charge on any atom is -0.497 e. The molecule has 0 aliphatic heterocycles. The zero-order valence-corrected chi connectivity index (χ0v) is 15.0. The normalized spacial score (nSPS) is 10.6. The number of ether oxygens (including phenoxy) is 1. The second-order valence-corrected chi connectivity index (χ2v) is 6.23. The van der Waals surface area contributed by atoms with Crippen LogP contribution in [0, 0.1) is 0 Å². The van der Waals surface area contributed by atoms with Gasteiger partial charge in [0.05, 0.1) is 18.5 Å². The van der Waals surface area contributed by atoms with Crippen LogP contribution in [-0.2, 0) is 0 Å². The zero-order valence-electron chi connectivity index (χ0n) is 15.0. The van der Waals surface area contributed by atoms with Crippen LogP contribution in [0.15, 0.2) is 102 Å². The molecule has 0 bridgehead atoms. The average Bonchev–Trinajstić information content (AvgIpc) is 2.74. The lowest BCUT2D eigenvalue weighted by atomic mass is 10.1. The molecule has 0 atom stereocenters. The first-order valence-corrected chi connectivity index (χ1v) is 8.78. The highest BCUT2D eigenvalue weighted by Gasteiger charge is 2.14. The first-order valence-electron chi connectivity index (χ1n) is 8.78. The smallest absolute Gasteiger partial charge is 0.182 e. The largest absolute Gasteiger partial charge is 0.497 e. The maximum Gasteiger partial charge on any atom is 0.182 e. The number of nitrogens with zero attached hydrogens (tertiary/aromatic N) is 1. The molecule has 0 radical (unpaired) electrons. The summed E-state index contributed by atoms with van der Waals surface area (Å²) in [5.41, 5.74) is 4.56. The summed E-state index contributed by atoms with van der Waals surface area (Å²) >= 11 is 0. The molecular formula is C24H19NO2. The molecule has 3 heteroatoms. The molecule has 0 N–H and O–H groups in total. The molecule has 0 unspecified atom stereocenters. The van der Waals surface area contributed by atoms with Crippen molar-refractivity contribution in [3.8, 4) is 34.0 Å². The van der Waals surface area contributed by atoms with Crippen LogP contribution in [-0.4, -0.2) is 11.7 Å². The second kappa shape index (κ2) is 7.34. The van der Waals surface area contributed by atoms with Crippen molar-refractivity contribution in [2.45, 2.75) is 0 Å². The summed E-state index contributed by atoms with van der Waals surface area (Å²) in [4.78, 5) is 12.6. The topological polar surface area (TPSA) is 31.2 Å². The van der Waals surface area contributed by atoms with Gasteiger partial charge in [0.25, 0.3) is 0 Å². The SMILES string of the molecule is COc1cccc(-c2cc(=O)cc(-c3ccccc3)n2-c2ccccc2)c1. The highest BCUT2D eigenvalue weighted by atomic mass is 16.5. The maximum atomic E-state index is 12.6. The van der Waals surface area contributed by atoms with Gasteiger partial charge in [-0.3, -0.25) is 4.79 Å². The van der Waals surface area contributed by atoms with Crippen molar-refractivity contribution in [2.75, 3.05) is 7.11 Å². The Morgan fingerprint density at radius 1 is 0.667 bits per heavy atom. The fourth-order valence-corrected chi connectivity index (χ4v) is 3.24. The van der Waals surface area contributed by atoms with Crippen LogP contribution >= 0.6 is 0 Å². The van der Waals surface area contributed by atoms with Crippen LogP contribution in [0.5, 0.6) is 5.75 Å². The van der Waals surface area contributed by atoms with Gasteiger partial charge < -0.3 is 9.30 Å². The molecule has 0 amide bonds. The second-order valence-electron chi connectivity index (χ2n) is 6.23. The Bertz CT molecular complexity index is 1120. The van der Waals surface area contributed by atoms with Crippen molar-refractivity contribution < 1.29 is 4.74 Å². The molecule has 132 valence electrons. The number of pyridine rings is 1. The van der Waals surface area contributed by atoms with Crippen molar-refractivity contribution in [3.05, 3.63) is 107 Å². The van der Waals surface area contributed by atoms with Crippen molar-refractivity contribution in [2.24, 2.45) is 0 Å². The molecule has 1 heterocycles. The predicted molar refractivity (Wildman–Crippen MR) is 109 cm³/mol. The Kier molecular flexibility index (Phi) is 4.58. The number of methoxy groups -OCH3 is 1. The molecule has 4 aromatic rings. The summed E-state index contributed by atoms with van der Waals surface area (Å²) in [7, 11) is 1.64. The summed E-state index contributed by atoms with van der Waals surface area (Å²) in [6.07, 6.45) is 0. The third kappa shape index (κ3) is 3.40. The molecule has 0 aliphatic carbocycles. The van der Waals surface area contributed by atoms with E-state index in [-0.39, 0.29) is 5.43 Å². The number of hydrogen-bond donors (Lipinski definition) is 0. The lowest BCUT2D eigenvalue weighted by Crippen LogP contribution is -2.11. The van der Waals surface area contributed by atoms with Gasteiger partial charge >= 0.3 is 0 Å². The fourth-order valence-electron chi connectivity index (χ4n) is 3.24. The Morgan fingerprint density at radius 2 is 1.26 bits per heavy atom. The summed E-state index contributed by atoms with van der Waals surface area (Å²) in [5.74, 6) is 0.754. The minimum atomic E-state index is -0.0288. The molecule has 0 spiro atoms. The molecule has 0 aliphatic rings. The summed E-state index contributed by atoms with van der Waals surface area (Å²) in [6, 6.07) is 31.2. The van der Waals surface area contributed by atoms with Gasteiger partial charge in [-0.05, 0) is 29.8 Å². The van der Waals surface area contributed by atoms with Gasteiger partial charge in [-0.2, -0.15) is 0 Å². The molecule has 1 aromatic heterocycles. The molecule has 3 nitrogen and oxygen atoms in total. The van der Waals surface area contributed by atoms with Gasteiger partial charge in [0.2, 0.25) is 0 Å². The predicted octanol–water partition coefficient (Wildman–Crippen LogP) is 5.18. The van der Waals surface area contributed by atoms with Crippen LogP contribution in [0.4, 0.5) is 0 Å². The van der Waals surface area contributed by atoms with E-state index in [0.29, 0.717) is 0 Å². The minimum absolute atomic E-state index is 0.0288. The number of aromatic nitrogens is 1. The van der Waals surface area contributed by atoms with Crippen molar-refractivity contribution in [1.29, 1.82) is 0 Å². The third-order valence-electron chi connectivity index (χ3n) is 4.49. The van der Waals surface area contributed by atoms with Gasteiger partial charge in [-0.15, -0.1) is 0 Å². The summed E-state index contributed by atoms with van der Waals surface area (Å²) < 4.78 is 7.50. The highest BCUT2D eigenvalue weighted by molar-refractivity contribution is 5.71. The van der Waals surface area contributed by atoms with E-state index < -0.39 is 0 Å². The first-order chi connectivity index (χ1) is 13.3. The highest BCUT2D eigenvalue weighted by Crippen LogP contribution is 2.30. The summed E-state index contributed by atoms with van der Waals surface area (Å²) in [5, 5.41) is 0. The number of hydrogen-bond acceptors (Lipinski definition) is 2. The molecule has 4 rings (SSSR count). The molecular weight excluding hydrogens is 334 g/mol. The van der Waals surface area contributed by atoms with E-state index in [0.717, 1.165) is 34.0 Å². The lowest BCUT2D eigenvalue weighted by Gasteiger charge is -2.19. The van der Waals surface area contributed by atoms with Gasteiger partial charge in [0.1, 0.15) is 5.75 Å². The Hall–Kier alpha value is -3.59. The Morgan fingerprint density at radius 3 is 1.93 bits per heavy atom. The van der Waals surface area contributed by atoms with Crippen LogP contribution in [0.25, 0.3) is 28.2 Å². The van der Waals surface area contributed by atoms with Crippen LogP contribution in [0.2, 0.25) is 0 Å². The Balaban J connectivity index is 2.06. The molecule has 3 aromatic carbocycles. The first kappa shape index (κ1) is 16.9. The van der Waals surface area contributed by atoms with E-state index in [1.54, 1.807) is 19.2 Å². The molecule has 0 fully saturated rings. The van der Waals surface area contributed by atoms with Gasteiger partial charge in [0, 0.05) is 23.4 Å². The van der Waals surface area contributed by atoms with E-state index in [4.69, 9.17) is 4.74 Å².